The number of fused-ring (bicyclic) bond motifs is 1. The third kappa shape index (κ3) is 6.02. The van der Waals surface area contributed by atoms with E-state index in [1.807, 2.05) is 49.4 Å². The average Bonchev–Trinajstić information content (AvgIpc) is 3.31. The van der Waals surface area contributed by atoms with Crippen molar-refractivity contribution in [2.24, 2.45) is 0 Å². The van der Waals surface area contributed by atoms with Gasteiger partial charge in [0.1, 0.15) is 19.3 Å². The number of methoxy groups -OCH3 is 1. The van der Waals surface area contributed by atoms with Crippen LogP contribution >= 0.6 is 27.7 Å². The van der Waals surface area contributed by atoms with E-state index in [4.69, 9.17) is 19.3 Å². The smallest absolute Gasteiger partial charge is 0.338 e. The largest absolute Gasteiger partial charge is 0.493 e. The summed E-state index contributed by atoms with van der Waals surface area (Å²) in [4.78, 5) is 17.9. The summed E-state index contributed by atoms with van der Waals surface area (Å²) < 4.78 is 19.7. The number of nitrogens with one attached hydrogen (secondary N) is 1. The molecule has 0 saturated heterocycles. The third-order valence-corrected chi connectivity index (χ3v) is 7.25. The highest BCUT2D eigenvalue weighted by atomic mass is 79.9. The molecule has 0 saturated carbocycles. The summed E-state index contributed by atoms with van der Waals surface area (Å²) in [6, 6.07) is 13.1. The number of nitrogens with zero attached hydrogens (tertiary/aromatic N) is 3. The maximum atomic E-state index is 13.2. The molecule has 2 heterocycles. The number of thioether (sulfide) groups is 1. The van der Waals surface area contributed by atoms with Crippen molar-refractivity contribution in [3.8, 4) is 11.5 Å². The number of carbonyl (C=O) groups is 1. The Morgan fingerprint density at radius 3 is 2.78 bits per heavy atom. The summed E-state index contributed by atoms with van der Waals surface area (Å²) in [5, 5.41) is 8.59. The quantitative estimate of drug-likeness (QED) is 0.163. The van der Waals surface area contributed by atoms with Crippen LogP contribution in [-0.2, 0) is 16.1 Å². The Morgan fingerprint density at radius 1 is 1.30 bits per heavy atom. The summed E-state index contributed by atoms with van der Waals surface area (Å²) in [6.07, 6.45) is 2.54. The number of ether oxygens (including phenoxy) is 3. The Kier molecular flexibility index (Phi) is 8.94. The molecule has 0 aliphatic carbocycles. The molecule has 1 aliphatic heterocycles. The van der Waals surface area contributed by atoms with Gasteiger partial charge in [-0.15, -0.1) is 5.10 Å². The van der Waals surface area contributed by atoms with Crippen LogP contribution < -0.4 is 14.8 Å². The van der Waals surface area contributed by atoms with E-state index in [-0.39, 0.29) is 6.61 Å². The van der Waals surface area contributed by atoms with Crippen LogP contribution in [0, 0.1) is 0 Å². The van der Waals surface area contributed by atoms with E-state index in [1.165, 1.54) is 6.08 Å². The number of esters is 1. The summed E-state index contributed by atoms with van der Waals surface area (Å²) in [6.45, 7) is 8.07. The van der Waals surface area contributed by atoms with E-state index in [2.05, 4.69) is 39.7 Å². The van der Waals surface area contributed by atoms with Gasteiger partial charge in [0.05, 0.1) is 17.2 Å². The third-order valence-electron chi connectivity index (χ3n) is 5.61. The van der Waals surface area contributed by atoms with Crippen LogP contribution in [0.3, 0.4) is 0 Å². The van der Waals surface area contributed by atoms with Gasteiger partial charge in [-0.1, -0.05) is 61.7 Å². The maximum absolute atomic E-state index is 13.2. The van der Waals surface area contributed by atoms with Crippen molar-refractivity contribution in [3.05, 3.63) is 82.0 Å². The summed E-state index contributed by atoms with van der Waals surface area (Å²) in [7, 11) is 1.59. The summed E-state index contributed by atoms with van der Waals surface area (Å²) >= 11 is 5.23. The SMILES string of the molecule is C=CCOC(=O)C1=C(C)Nc2nc(SCCC)nn2C1c1cc(Br)c(OCc2ccccc2)c(OC)c1. The van der Waals surface area contributed by atoms with Crippen molar-refractivity contribution in [3.63, 3.8) is 0 Å². The highest BCUT2D eigenvalue weighted by Gasteiger charge is 2.36. The normalized spacial score (nSPS) is 14.5. The van der Waals surface area contributed by atoms with Gasteiger partial charge in [0.2, 0.25) is 11.1 Å². The number of hydrogen-bond donors (Lipinski definition) is 1. The van der Waals surface area contributed by atoms with Gasteiger partial charge in [0.25, 0.3) is 0 Å². The van der Waals surface area contributed by atoms with E-state index in [0.29, 0.717) is 45.0 Å². The Balaban J connectivity index is 1.76. The second-order valence-corrected chi connectivity index (χ2v) is 10.2. The standard InChI is InChI=1S/C27H29BrN4O4S/c1-5-12-35-25(33)22-17(3)29-26-30-27(37-13-6-2)31-32(26)23(22)19-14-20(28)24(21(15-19)34-4)36-16-18-10-8-7-9-11-18/h5,7-11,14-15,23H,1,6,12-13,16H2,2-4H3,(H,29,30,31). The molecule has 3 aromatic rings. The minimum atomic E-state index is -0.592. The summed E-state index contributed by atoms with van der Waals surface area (Å²) in [5.74, 6) is 2.08. The zero-order chi connectivity index (χ0) is 26.4. The van der Waals surface area contributed by atoms with Crippen LogP contribution in [0.15, 0.2) is 76.0 Å². The second kappa shape index (κ2) is 12.3. The van der Waals surface area contributed by atoms with Gasteiger partial charge < -0.3 is 19.5 Å². The first-order valence-electron chi connectivity index (χ1n) is 11.9. The number of benzene rings is 2. The molecule has 194 valence electrons. The zero-order valence-electron chi connectivity index (χ0n) is 21.0. The molecule has 1 unspecified atom stereocenters. The van der Waals surface area contributed by atoms with Crippen LogP contribution in [0.25, 0.3) is 0 Å². The van der Waals surface area contributed by atoms with Crippen molar-refractivity contribution in [2.45, 2.75) is 38.1 Å². The van der Waals surface area contributed by atoms with Gasteiger partial charge in [-0.25, -0.2) is 9.48 Å². The lowest BCUT2D eigenvalue weighted by Gasteiger charge is -2.28. The number of halogens is 1. The van der Waals surface area contributed by atoms with Gasteiger partial charge >= 0.3 is 5.97 Å². The van der Waals surface area contributed by atoms with E-state index in [9.17, 15) is 4.79 Å². The van der Waals surface area contributed by atoms with Crippen LogP contribution in [0.5, 0.6) is 11.5 Å². The molecule has 0 spiro atoms. The predicted octanol–water partition coefficient (Wildman–Crippen LogP) is 6.15. The number of carbonyl (C=O) groups excluding carboxylic acids is 1. The maximum Gasteiger partial charge on any atom is 0.338 e. The minimum Gasteiger partial charge on any atom is -0.493 e. The lowest BCUT2D eigenvalue weighted by molar-refractivity contribution is -0.138. The van der Waals surface area contributed by atoms with Gasteiger partial charge in [0, 0.05) is 11.4 Å². The fraction of sp³-hybridized carbons (Fsp3) is 0.296. The molecular weight excluding hydrogens is 556 g/mol. The molecule has 0 bridgehead atoms. The molecule has 2 aromatic carbocycles. The number of hydrogen-bond acceptors (Lipinski definition) is 8. The number of anilines is 1. The number of allylic oxidation sites excluding steroid dienone is 1. The first-order valence-corrected chi connectivity index (χ1v) is 13.6. The van der Waals surface area contributed by atoms with Crippen molar-refractivity contribution in [1.29, 1.82) is 0 Å². The highest BCUT2D eigenvalue weighted by Crippen LogP contribution is 2.43. The molecule has 1 aromatic heterocycles. The van der Waals surface area contributed by atoms with E-state index in [1.54, 1.807) is 23.6 Å². The van der Waals surface area contributed by atoms with Crippen LogP contribution in [0.2, 0.25) is 0 Å². The first kappa shape index (κ1) is 26.8. The molecule has 1 atom stereocenters. The van der Waals surface area contributed by atoms with Crippen LogP contribution in [0.1, 0.15) is 37.4 Å². The zero-order valence-corrected chi connectivity index (χ0v) is 23.4. The van der Waals surface area contributed by atoms with Crippen molar-refractivity contribution in [2.75, 3.05) is 24.8 Å². The number of aromatic nitrogens is 3. The minimum absolute atomic E-state index is 0.101. The molecular formula is C27H29BrN4O4S. The monoisotopic (exact) mass is 584 g/mol. The second-order valence-electron chi connectivity index (χ2n) is 8.27. The van der Waals surface area contributed by atoms with Gasteiger partial charge in [-0.05, 0) is 52.5 Å². The molecule has 1 N–H and O–H groups in total. The molecule has 4 rings (SSSR count). The lowest BCUT2D eigenvalue weighted by Crippen LogP contribution is -2.29. The molecule has 8 nitrogen and oxygen atoms in total. The first-order chi connectivity index (χ1) is 18.0. The Hall–Kier alpha value is -3.24. The van der Waals surface area contributed by atoms with Crippen molar-refractivity contribution < 1.29 is 19.0 Å². The Morgan fingerprint density at radius 2 is 2.08 bits per heavy atom. The predicted molar refractivity (Wildman–Crippen MR) is 148 cm³/mol. The fourth-order valence-electron chi connectivity index (χ4n) is 3.94. The fourth-order valence-corrected chi connectivity index (χ4v) is 5.20. The van der Waals surface area contributed by atoms with Gasteiger partial charge in [-0.3, -0.25) is 0 Å². The molecule has 0 amide bonds. The van der Waals surface area contributed by atoms with Crippen LogP contribution in [0.4, 0.5) is 5.95 Å². The topological polar surface area (TPSA) is 87.5 Å². The molecule has 37 heavy (non-hydrogen) atoms. The van der Waals surface area contributed by atoms with Crippen molar-refractivity contribution >= 4 is 39.6 Å². The van der Waals surface area contributed by atoms with Crippen LogP contribution in [-0.4, -0.2) is 40.2 Å². The molecule has 0 radical (unpaired) electrons. The highest BCUT2D eigenvalue weighted by molar-refractivity contribution is 9.10. The van der Waals surface area contributed by atoms with E-state index < -0.39 is 12.0 Å². The Bertz CT molecular complexity index is 1310. The molecule has 1 aliphatic rings. The lowest BCUT2D eigenvalue weighted by atomic mass is 9.95. The molecule has 0 fully saturated rings. The van der Waals surface area contributed by atoms with E-state index in [0.717, 1.165) is 23.3 Å². The average molecular weight is 586 g/mol. The Labute approximate surface area is 229 Å². The molecule has 10 heteroatoms. The summed E-state index contributed by atoms with van der Waals surface area (Å²) in [5.41, 5.74) is 2.87. The van der Waals surface area contributed by atoms with Gasteiger partial charge in [-0.2, -0.15) is 4.98 Å². The van der Waals surface area contributed by atoms with Crippen molar-refractivity contribution in [1.82, 2.24) is 14.8 Å². The van der Waals surface area contributed by atoms with Gasteiger partial charge in [0.15, 0.2) is 11.5 Å². The van der Waals surface area contributed by atoms with E-state index >= 15 is 0 Å². The number of rotatable bonds is 11.